The predicted molar refractivity (Wildman–Crippen MR) is 128 cm³/mol. The monoisotopic (exact) mass is 533 g/mol. The molecule has 3 N–H and O–H groups in total. The highest BCUT2D eigenvalue weighted by atomic mass is 32.2. The minimum atomic E-state index is -4.68. The molecule has 0 spiro atoms. The number of sulfonamides is 1. The lowest BCUT2D eigenvalue weighted by atomic mass is 10.1. The van der Waals surface area contributed by atoms with Gasteiger partial charge in [0, 0.05) is 13.1 Å². The second kappa shape index (κ2) is 10.2. The fourth-order valence-corrected chi connectivity index (χ4v) is 4.97. The molecule has 1 amide bonds. The molecule has 0 unspecified atom stereocenters. The van der Waals surface area contributed by atoms with Gasteiger partial charge in [-0.2, -0.15) is 23.0 Å². The van der Waals surface area contributed by atoms with E-state index in [9.17, 15) is 26.4 Å². The molecule has 0 bridgehead atoms. The SMILES string of the molecule is C=CC(=O)N1CCC[C@@H](n2nc(C#CCNS(=O)(=O)c3cccc(C(F)(F)F)c3)c3c(N)ncnc32)C1. The van der Waals surface area contributed by atoms with E-state index < -0.39 is 33.2 Å². The highest BCUT2D eigenvalue weighted by molar-refractivity contribution is 7.89. The number of hydrogen-bond donors (Lipinski definition) is 2. The number of nitrogens with two attached hydrogens (primary N) is 1. The van der Waals surface area contributed by atoms with Crippen molar-refractivity contribution in [3.63, 3.8) is 0 Å². The number of rotatable bonds is 5. The molecule has 3 aromatic rings. The van der Waals surface area contributed by atoms with Gasteiger partial charge in [-0.05, 0) is 43.0 Å². The smallest absolute Gasteiger partial charge is 0.383 e. The van der Waals surface area contributed by atoms with Gasteiger partial charge < -0.3 is 10.6 Å². The van der Waals surface area contributed by atoms with Gasteiger partial charge in [0.1, 0.15) is 17.8 Å². The Labute approximate surface area is 210 Å². The van der Waals surface area contributed by atoms with Crippen LogP contribution >= 0.6 is 0 Å². The number of alkyl halides is 3. The number of nitrogens with one attached hydrogen (secondary N) is 1. The molecule has 37 heavy (non-hydrogen) atoms. The Morgan fingerprint density at radius 2 is 2.11 bits per heavy atom. The van der Waals surface area contributed by atoms with Crippen LogP contribution in [0.3, 0.4) is 0 Å². The Bertz CT molecular complexity index is 1520. The number of halogens is 3. The first kappa shape index (κ1) is 26.1. The number of carbonyl (C=O) groups excluding carboxylic acids is 1. The van der Waals surface area contributed by atoms with Crippen molar-refractivity contribution in [1.29, 1.82) is 0 Å². The third kappa shape index (κ3) is 5.57. The Kier molecular flexibility index (Phi) is 7.19. The van der Waals surface area contributed by atoms with Gasteiger partial charge in [0.15, 0.2) is 5.65 Å². The maximum atomic E-state index is 12.9. The van der Waals surface area contributed by atoms with Crippen LogP contribution in [0.25, 0.3) is 11.0 Å². The zero-order chi connectivity index (χ0) is 26.8. The summed E-state index contributed by atoms with van der Waals surface area (Å²) in [4.78, 5) is 21.5. The molecule has 0 aliphatic carbocycles. The first-order chi connectivity index (χ1) is 17.5. The van der Waals surface area contributed by atoms with Crippen molar-refractivity contribution < 1.29 is 26.4 Å². The van der Waals surface area contributed by atoms with E-state index in [1.54, 1.807) is 9.58 Å². The molecule has 1 fully saturated rings. The minimum absolute atomic E-state index is 0.125. The molecule has 1 aliphatic rings. The molecule has 10 nitrogen and oxygen atoms in total. The number of piperidine rings is 1. The van der Waals surface area contributed by atoms with Crippen molar-refractivity contribution in [3.05, 3.63) is 54.5 Å². The molecule has 0 radical (unpaired) electrons. The molecular weight excluding hydrogens is 511 g/mol. The summed E-state index contributed by atoms with van der Waals surface area (Å²) in [5.41, 5.74) is 5.59. The van der Waals surface area contributed by atoms with E-state index in [0.717, 1.165) is 31.0 Å². The Morgan fingerprint density at radius 1 is 1.32 bits per heavy atom. The predicted octanol–water partition coefficient (Wildman–Crippen LogP) is 2.11. The van der Waals surface area contributed by atoms with E-state index in [2.05, 4.69) is 38.2 Å². The van der Waals surface area contributed by atoms with E-state index in [-0.39, 0.29) is 23.5 Å². The number of nitrogen functional groups attached to an aromatic ring is 1. The number of anilines is 1. The van der Waals surface area contributed by atoms with Gasteiger partial charge in [-0.3, -0.25) is 4.79 Å². The average molecular weight is 534 g/mol. The molecule has 3 heterocycles. The van der Waals surface area contributed by atoms with Gasteiger partial charge >= 0.3 is 6.18 Å². The van der Waals surface area contributed by atoms with Crippen LogP contribution in [0.5, 0.6) is 0 Å². The fraction of sp³-hybridized carbons (Fsp3) is 0.304. The topological polar surface area (TPSA) is 136 Å². The molecule has 1 aliphatic heterocycles. The van der Waals surface area contributed by atoms with Crippen LogP contribution in [0.1, 0.15) is 30.1 Å². The summed E-state index contributed by atoms with van der Waals surface area (Å²) in [5.74, 6) is 5.30. The number of benzene rings is 1. The van der Waals surface area contributed by atoms with E-state index in [1.165, 1.54) is 12.4 Å². The maximum absolute atomic E-state index is 12.9. The molecule has 1 saturated heterocycles. The first-order valence-electron chi connectivity index (χ1n) is 11.1. The maximum Gasteiger partial charge on any atom is 0.416 e. The molecular formula is C23H22F3N7O3S. The minimum Gasteiger partial charge on any atom is -0.383 e. The summed E-state index contributed by atoms with van der Waals surface area (Å²) in [6.45, 7) is 4.11. The number of hydrogen-bond acceptors (Lipinski definition) is 7. The lowest BCUT2D eigenvalue weighted by molar-refractivity contribution is -0.137. The summed E-state index contributed by atoms with van der Waals surface area (Å²) in [6.07, 6.45) is -0.676. The number of likely N-dealkylation sites (tertiary alicyclic amines) is 1. The van der Waals surface area contributed by atoms with E-state index >= 15 is 0 Å². The summed E-state index contributed by atoms with van der Waals surface area (Å²) in [6, 6.07) is 3.20. The lowest BCUT2D eigenvalue weighted by Gasteiger charge is -2.32. The van der Waals surface area contributed by atoms with Crippen LogP contribution in [0, 0.1) is 11.8 Å². The van der Waals surface area contributed by atoms with Crippen molar-refractivity contribution >= 4 is 32.8 Å². The highest BCUT2D eigenvalue weighted by Crippen LogP contribution is 2.31. The summed E-state index contributed by atoms with van der Waals surface area (Å²) in [7, 11) is -4.25. The molecule has 2 aromatic heterocycles. The quantitative estimate of drug-likeness (QED) is 0.379. The Balaban J connectivity index is 1.57. The van der Waals surface area contributed by atoms with Crippen LogP contribution in [-0.4, -0.2) is 58.6 Å². The molecule has 194 valence electrons. The summed E-state index contributed by atoms with van der Waals surface area (Å²) in [5, 5.41) is 4.90. The third-order valence-electron chi connectivity index (χ3n) is 5.78. The molecule has 0 saturated carbocycles. The van der Waals surface area contributed by atoms with Crippen molar-refractivity contribution in [3.8, 4) is 11.8 Å². The molecule has 1 atom stereocenters. The van der Waals surface area contributed by atoms with Crippen molar-refractivity contribution in [1.82, 2.24) is 29.4 Å². The zero-order valence-corrected chi connectivity index (χ0v) is 20.2. The van der Waals surface area contributed by atoms with Gasteiger partial charge in [0.05, 0.1) is 28.4 Å². The van der Waals surface area contributed by atoms with Crippen LogP contribution < -0.4 is 10.5 Å². The lowest BCUT2D eigenvalue weighted by Crippen LogP contribution is -2.40. The van der Waals surface area contributed by atoms with Crippen LogP contribution in [0.2, 0.25) is 0 Å². The third-order valence-corrected chi connectivity index (χ3v) is 7.17. The van der Waals surface area contributed by atoms with Gasteiger partial charge in [0.25, 0.3) is 0 Å². The second-order valence-electron chi connectivity index (χ2n) is 8.19. The standard InChI is InChI=1S/C23H22F3N7O3S/c1-2-19(34)32-11-5-7-16(13-32)33-22-20(21(27)28-14-29-22)18(31-33)9-4-10-30-37(35,36)17-8-3-6-15(12-17)23(24,25)26/h2-3,6,8,12,14,16,30H,1,5,7,10-11,13H2,(H2,27,28,29)/t16-/m1/s1. The van der Waals surface area contributed by atoms with E-state index in [4.69, 9.17) is 5.73 Å². The van der Waals surface area contributed by atoms with Gasteiger partial charge in [-0.25, -0.2) is 23.1 Å². The Morgan fingerprint density at radius 3 is 2.84 bits per heavy atom. The van der Waals surface area contributed by atoms with E-state index in [0.29, 0.717) is 30.2 Å². The van der Waals surface area contributed by atoms with Gasteiger partial charge in [-0.15, -0.1) is 0 Å². The number of amides is 1. The largest absolute Gasteiger partial charge is 0.416 e. The second-order valence-corrected chi connectivity index (χ2v) is 9.95. The van der Waals surface area contributed by atoms with Crippen molar-refractivity contribution in [2.24, 2.45) is 0 Å². The van der Waals surface area contributed by atoms with Crippen LogP contribution in [0.15, 0.2) is 48.1 Å². The number of fused-ring (bicyclic) bond motifs is 1. The average Bonchev–Trinajstić information content (AvgIpc) is 3.25. The van der Waals surface area contributed by atoms with Crippen LogP contribution in [-0.2, 0) is 21.0 Å². The Hall–Kier alpha value is -3.96. The summed E-state index contributed by atoms with van der Waals surface area (Å²) < 4.78 is 67.5. The molecule has 1 aromatic carbocycles. The van der Waals surface area contributed by atoms with Crippen molar-refractivity contribution in [2.45, 2.75) is 30.0 Å². The fourth-order valence-electron chi connectivity index (χ4n) is 4.00. The zero-order valence-electron chi connectivity index (χ0n) is 19.4. The first-order valence-corrected chi connectivity index (χ1v) is 12.6. The van der Waals surface area contributed by atoms with Gasteiger partial charge in [0.2, 0.25) is 15.9 Å². The number of aromatic nitrogens is 4. The number of carbonyl (C=O) groups is 1. The van der Waals surface area contributed by atoms with Crippen LogP contribution in [0.4, 0.5) is 19.0 Å². The van der Waals surface area contributed by atoms with E-state index in [1.807, 2.05) is 0 Å². The number of nitrogens with zero attached hydrogens (tertiary/aromatic N) is 5. The molecule has 14 heteroatoms. The van der Waals surface area contributed by atoms with Gasteiger partial charge in [-0.1, -0.05) is 18.6 Å². The van der Waals surface area contributed by atoms with Crippen molar-refractivity contribution in [2.75, 3.05) is 25.4 Å². The summed E-state index contributed by atoms with van der Waals surface area (Å²) >= 11 is 0. The molecule has 4 rings (SSSR count). The normalized spacial score (nSPS) is 16.3. The highest BCUT2D eigenvalue weighted by Gasteiger charge is 2.31.